The molecule has 1 aromatic heterocycles. The van der Waals surface area contributed by atoms with Crippen molar-refractivity contribution in [3.63, 3.8) is 0 Å². The number of fused-ring (bicyclic) bond motifs is 1. The van der Waals surface area contributed by atoms with Gasteiger partial charge >= 0.3 is 0 Å². The zero-order chi connectivity index (χ0) is 19.0. The summed E-state index contributed by atoms with van der Waals surface area (Å²) in [7, 11) is -1.76. The molecule has 0 bridgehead atoms. The molecule has 1 aliphatic heterocycles. The third kappa shape index (κ3) is 3.19. The fourth-order valence-electron chi connectivity index (χ4n) is 3.13. The highest BCUT2D eigenvalue weighted by Crippen LogP contribution is 2.33. The maximum atomic E-state index is 12.9. The van der Waals surface area contributed by atoms with Gasteiger partial charge in [0.15, 0.2) is 9.84 Å². The minimum Gasteiger partial charge on any atom is -0.496 e. The van der Waals surface area contributed by atoms with E-state index < -0.39 is 15.7 Å². The van der Waals surface area contributed by atoms with Crippen molar-refractivity contribution in [2.45, 2.75) is 11.5 Å². The van der Waals surface area contributed by atoms with Crippen molar-refractivity contribution in [3.05, 3.63) is 71.4 Å². The summed E-state index contributed by atoms with van der Waals surface area (Å²) in [6.07, 6.45) is 0. The highest BCUT2D eigenvalue weighted by Gasteiger charge is 2.33. The van der Waals surface area contributed by atoms with Crippen molar-refractivity contribution < 1.29 is 17.9 Å². The van der Waals surface area contributed by atoms with Crippen molar-refractivity contribution >= 4 is 21.6 Å². The third-order valence-electron chi connectivity index (χ3n) is 4.37. The number of rotatable bonds is 4. The number of hydrogen-bond acceptors (Lipinski definition) is 5. The monoisotopic (exact) mass is 383 g/mol. The van der Waals surface area contributed by atoms with Gasteiger partial charge in [-0.3, -0.25) is 4.79 Å². The molecule has 4 rings (SSSR count). The molecule has 8 heteroatoms. The van der Waals surface area contributed by atoms with Crippen LogP contribution in [0.5, 0.6) is 5.75 Å². The number of carbonyl (C=O) groups excluding carboxylic acids is 1. The van der Waals surface area contributed by atoms with Crippen molar-refractivity contribution in [2.75, 3.05) is 12.4 Å². The van der Waals surface area contributed by atoms with Crippen LogP contribution in [-0.2, 0) is 21.3 Å². The number of aromatic nitrogens is 2. The first-order valence-corrected chi connectivity index (χ1v) is 10.1. The number of nitrogens with zero attached hydrogens (tertiary/aromatic N) is 2. The van der Waals surface area contributed by atoms with Gasteiger partial charge in [0.05, 0.1) is 35.6 Å². The molecule has 7 nitrogen and oxygen atoms in total. The summed E-state index contributed by atoms with van der Waals surface area (Å²) >= 11 is 0. The summed E-state index contributed by atoms with van der Waals surface area (Å²) in [4.78, 5) is 12.9. The number of ether oxygens (including phenoxy) is 1. The molecule has 0 radical (unpaired) electrons. The van der Waals surface area contributed by atoms with Crippen molar-refractivity contribution in [3.8, 4) is 11.4 Å². The predicted molar refractivity (Wildman–Crippen MR) is 101 cm³/mol. The largest absolute Gasteiger partial charge is 0.496 e. The highest BCUT2D eigenvalue weighted by molar-refractivity contribution is 7.90. The topological polar surface area (TPSA) is 90.3 Å². The van der Waals surface area contributed by atoms with Crippen LogP contribution in [0.15, 0.2) is 54.6 Å². The average Bonchev–Trinajstić information content (AvgIpc) is 3.15. The van der Waals surface area contributed by atoms with Crippen LogP contribution in [0.25, 0.3) is 5.69 Å². The van der Waals surface area contributed by atoms with Crippen LogP contribution in [0, 0.1) is 0 Å². The second kappa shape index (κ2) is 6.55. The van der Waals surface area contributed by atoms with Crippen LogP contribution in [0.3, 0.4) is 0 Å². The van der Waals surface area contributed by atoms with Crippen LogP contribution in [-0.4, -0.2) is 31.2 Å². The lowest BCUT2D eigenvalue weighted by atomic mass is 10.2. The molecule has 0 fully saturated rings. The number of sulfone groups is 1. The van der Waals surface area contributed by atoms with E-state index in [1.807, 2.05) is 30.3 Å². The number of hydrogen-bond donors (Lipinski definition) is 1. The Kier molecular flexibility index (Phi) is 4.19. The Hall–Kier alpha value is -3.13. The molecule has 2 aromatic carbocycles. The van der Waals surface area contributed by atoms with Gasteiger partial charge in [0.25, 0.3) is 5.91 Å². The lowest BCUT2D eigenvalue weighted by Gasteiger charge is -2.12. The highest BCUT2D eigenvalue weighted by atomic mass is 32.2. The van der Waals surface area contributed by atoms with Gasteiger partial charge in [-0.2, -0.15) is 5.10 Å². The zero-order valence-corrected chi connectivity index (χ0v) is 15.4. The summed E-state index contributed by atoms with van der Waals surface area (Å²) in [5.41, 5.74) is 2.09. The van der Waals surface area contributed by atoms with Gasteiger partial charge in [0.2, 0.25) is 0 Å². The molecule has 0 spiro atoms. The fraction of sp³-hybridized carbons (Fsp3) is 0.158. The summed E-state index contributed by atoms with van der Waals surface area (Å²) in [5.74, 6) is 0.144. The SMILES string of the molecule is COc1ccccc1C(=O)Nc1c2c(nn1-c1ccccc1)CS(=O)(=O)C2. The van der Waals surface area contributed by atoms with E-state index in [0.717, 1.165) is 5.69 Å². The van der Waals surface area contributed by atoms with Crippen LogP contribution >= 0.6 is 0 Å². The van der Waals surface area contributed by atoms with E-state index in [1.165, 1.54) is 7.11 Å². The summed E-state index contributed by atoms with van der Waals surface area (Å²) < 4.78 is 30.9. The molecule has 0 aliphatic carbocycles. The predicted octanol–water partition coefficient (Wildman–Crippen LogP) is 2.56. The van der Waals surface area contributed by atoms with Gasteiger partial charge < -0.3 is 10.1 Å². The van der Waals surface area contributed by atoms with Gasteiger partial charge in [-0.05, 0) is 24.3 Å². The quantitative estimate of drug-likeness (QED) is 0.748. The first-order valence-electron chi connectivity index (χ1n) is 8.29. The molecule has 0 atom stereocenters. The van der Waals surface area contributed by atoms with Crippen LogP contribution < -0.4 is 10.1 Å². The summed E-state index contributed by atoms with van der Waals surface area (Å²) in [6.45, 7) is 0. The first-order chi connectivity index (χ1) is 13.0. The number of nitrogens with one attached hydrogen (secondary N) is 1. The Balaban J connectivity index is 1.79. The Morgan fingerprint density at radius 1 is 1.07 bits per heavy atom. The standard InChI is InChI=1S/C19H17N3O4S/c1-26-17-10-6-5-9-14(17)19(23)20-18-15-11-27(24,25)12-16(15)21-22(18)13-7-3-2-4-8-13/h2-10H,11-12H2,1H3,(H,20,23). The Morgan fingerprint density at radius 3 is 2.52 bits per heavy atom. The maximum Gasteiger partial charge on any atom is 0.260 e. The molecular weight excluding hydrogens is 366 g/mol. The Morgan fingerprint density at radius 2 is 1.78 bits per heavy atom. The molecule has 1 amide bonds. The minimum absolute atomic E-state index is 0.125. The Bertz CT molecular complexity index is 1120. The first kappa shape index (κ1) is 17.3. The summed E-state index contributed by atoms with van der Waals surface area (Å²) in [6, 6.07) is 16.1. The van der Waals surface area contributed by atoms with Gasteiger partial charge in [-0.15, -0.1) is 0 Å². The van der Waals surface area contributed by atoms with Crippen molar-refractivity contribution in [1.29, 1.82) is 0 Å². The number of carbonyl (C=O) groups is 1. The lowest BCUT2D eigenvalue weighted by Crippen LogP contribution is -2.17. The smallest absolute Gasteiger partial charge is 0.260 e. The number of methoxy groups -OCH3 is 1. The zero-order valence-electron chi connectivity index (χ0n) is 14.5. The third-order valence-corrected chi connectivity index (χ3v) is 5.81. The second-order valence-corrected chi connectivity index (χ2v) is 8.27. The molecule has 0 saturated carbocycles. The second-order valence-electron chi connectivity index (χ2n) is 6.21. The van der Waals surface area contributed by atoms with Gasteiger partial charge in [-0.25, -0.2) is 13.1 Å². The van der Waals surface area contributed by atoms with E-state index in [9.17, 15) is 13.2 Å². The molecule has 1 aliphatic rings. The van der Waals surface area contributed by atoms with Crippen molar-refractivity contribution in [2.24, 2.45) is 0 Å². The number of para-hydroxylation sites is 2. The number of benzene rings is 2. The fourth-order valence-corrected chi connectivity index (χ4v) is 4.63. The molecule has 138 valence electrons. The van der Waals surface area contributed by atoms with Crippen LogP contribution in [0.4, 0.5) is 5.82 Å². The molecule has 0 saturated heterocycles. The average molecular weight is 383 g/mol. The van der Waals surface area contributed by atoms with Crippen LogP contribution in [0.2, 0.25) is 0 Å². The number of amides is 1. The molecule has 3 aromatic rings. The molecule has 0 unspecified atom stereocenters. The van der Waals surface area contributed by atoms with Gasteiger partial charge in [-0.1, -0.05) is 30.3 Å². The van der Waals surface area contributed by atoms with Gasteiger partial charge in [0, 0.05) is 5.56 Å². The molecule has 27 heavy (non-hydrogen) atoms. The molecular formula is C19H17N3O4S. The normalized spacial score (nSPS) is 14.6. The number of anilines is 1. The van der Waals surface area contributed by atoms with E-state index in [2.05, 4.69) is 10.4 Å². The minimum atomic E-state index is -3.25. The van der Waals surface area contributed by atoms with Crippen LogP contribution in [0.1, 0.15) is 21.6 Å². The van der Waals surface area contributed by atoms with E-state index in [1.54, 1.807) is 28.9 Å². The van der Waals surface area contributed by atoms with E-state index in [-0.39, 0.29) is 11.5 Å². The Labute approximate surface area is 156 Å². The summed E-state index contributed by atoms with van der Waals surface area (Å²) in [5, 5.41) is 7.27. The maximum absolute atomic E-state index is 12.9. The lowest BCUT2D eigenvalue weighted by molar-refractivity contribution is 0.102. The molecule has 2 heterocycles. The van der Waals surface area contributed by atoms with Crippen molar-refractivity contribution in [1.82, 2.24) is 9.78 Å². The van der Waals surface area contributed by atoms with E-state index in [0.29, 0.717) is 28.4 Å². The molecule has 1 N–H and O–H groups in total. The van der Waals surface area contributed by atoms with E-state index >= 15 is 0 Å². The van der Waals surface area contributed by atoms with E-state index in [4.69, 9.17) is 4.74 Å². The van der Waals surface area contributed by atoms with Gasteiger partial charge in [0.1, 0.15) is 11.6 Å².